The number of allylic oxidation sites excluding steroid dienone is 3. The number of amides is 1. The molecule has 196 valence electrons. The monoisotopic (exact) mass is 520 g/mol. The number of aromatic nitrogens is 4. The van der Waals surface area contributed by atoms with E-state index in [1.165, 1.54) is 12.1 Å². The molecule has 0 spiro atoms. The number of aryl methyl sites for hydroxylation is 1. The lowest BCUT2D eigenvalue weighted by atomic mass is 9.99. The van der Waals surface area contributed by atoms with Gasteiger partial charge in [-0.25, -0.2) is 9.37 Å². The number of nitrogens with zero attached hydrogens (tertiary/aromatic N) is 3. The van der Waals surface area contributed by atoms with E-state index in [2.05, 4.69) is 32.2 Å². The fourth-order valence-corrected chi connectivity index (χ4v) is 4.70. The highest BCUT2D eigenvalue weighted by Crippen LogP contribution is 2.35. The number of fused-ring (bicyclic) bond motifs is 2. The number of hydrogen-bond acceptors (Lipinski definition) is 4. The molecule has 7 nitrogen and oxygen atoms in total. The minimum absolute atomic E-state index is 0.0376. The summed E-state index contributed by atoms with van der Waals surface area (Å²) in [7, 11) is 0. The number of benzene rings is 2. The second-order valence-corrected chi connectivity index (χ2v) is 9.47. The van der Waals surface area contributed by atoms with Crippen LogP contribution in [0.2, 0.25) is 0 Å². The molecule has 3 N–H and O–H groups in total. The topological polar surface area (TPSA) is 98.8 Å². The Bertz CT molecular complexity index is 1770. The van der Waals surface area contributed by atoms with Crippen LogP contribution < -0.4 is 5.32 Å². The Balaban J connectivity index is 1.59. The molecule has 0 aliphatic carbocycles. The lowest BCUT2D eigenvalue weighted by molar-refractivity contribution is -0.120. The average molecular weight is 521 g/mol. The van der Waals surface area contributed by atoms with Crippen LogP contribution >= 0.6 is 0 Å². The molecule has 0 saturated carbocycles. The molecular formula is C31H29FN6O. The average Bonchev–Trinajstić information content (AvgIpc) is 3.53. The van der Waals surface area contributed by atoms with Crippen LogP contribution in [0.1, 0.15) is 37.9 Å². The third-order valence-corrected chi connectivity index (χ3v) is 6.51. The van der Waals surface area contributed by atoms with Gasteiger partial charge in [0.05, 0.1) is 16.9 Å². The van der Waals surface area contributed by atoms with Crippen molar-refractivity contribution in [2.45, 2.75) is 33.6 Å². The zero-order valence-electron chi connectivity index (χ0n) is 22.1. The molecule has 2 aromatic carbocycles. The van der Waals surface area contributed by atoms with E-state index in [4.69, 9.17) is 4.98 Å². The molecule has 39 heavy (non-hydrogen) atoms. The molecule has 0 aliphatic rings. The number of pyridine rings is 1. The Kier molecular flexibility index (Phi) is 7.19. The van der Waals surface area contributed by atoms with E-state index >= 15 is 0 Å². The van der Waals surface area contributed by atoms with Crippen LogP contribution in [0.25, 0.3) is 50.0 Å². The van der Waals surface area contributed by atoms with Crippen LogP contribution in [0, 0.1) is 12.7 Å². The van der Waals surface area contributed by atoms with E-state index in [9.17, 15) is 9.18 Å². The van der Waals surface area contributed by atoms with Crippen LogP contribution in [0.4, 0.5) is 4.39 Å². The molecule has 3 aromatic heterocycles. The van der Waals surface area contributed by atoms with Gasteiger partial charge in [-0.2, -0.15) is 5.10 Å². The van der Waals surface area contributed by atoms with Crippen LogP contribution in [0.15, 0.2) is 77.6 Å². The molecule has 0 aliphatic heterocycles. The van der Waals surface area contributed by atoms with Gasteiger partial charge in [0.2, 0.25) is 5.91 Å². The first-order valence-corrected chi connectivity index (χ1v) is 12.8. The second kappa shape index (κ2) is 10.9. The molecule has 5 rings (SSSR count). The highest BCUT2D eigenvalue weighted by atomic mass is 19.1. The number of carbonyl (C=O) groups is 1. The number of hydrogen-bond donors (Lipinski definition) is 3. The number of carbonyl (C=O) groups excluding carboxylic acids is 1. The number of H-pyrrole nitrogens is 2. The molecule has 0 saturated heterocycles. The molecule has 0 bridgehead atoms. The van der Waals surface area contributed by atoms with Gasteiger partial charge < -0.3 is 10.3 Å². The zero-order valence-corrected chi connectivity index (χ0v) is 22.1. The van der Waals surface area contributed by atoms with E-state index in [-0.39, 0.29) is 11.7 Å². The molecular weight excluding hydrogens is 491 g/mol. The Morgan fingerprint density at radius 2 is 2.03 bits per heavy atom. The first kappa shape index (κ1) is 25.8. The zero-order chi connectivity index (χ0) is 27.5. The Labute approximate surface area is 225 Å². The predicted molar refractivity (Wildman–Crippen MR) is 156 cm³/mol. The second-order valence-electron chi connectivity index (χ2n) is 9.47. The van der Waals surface area contributed by atoms with Gasteiger partial charge in [-0.1, -0.05) is 31.2 Å². The highest BCUT2D eigenvalue weighted by molar-refractivity contribution is 6.01. The number of nitrogens with one attached hydrogen (secondary N) is 3. The number of aliphatic imine (C=N–C) groups is 1. The van der Waals surface area contributed by atoms with Crippen molar-refractivity contribution in [2.24, 2.45) is 4.99 Å². The molecule has 0 atom stereocenters. The fourth-order valence-electron chi connectivity index (χ4n) is 4.70. The lowest BCUT2D eigenvalue weighted by Gasteiger charge is -2.07. The number of rotatable bonds is 8. The molecule has 0 fully saturated rings. The molecule has 0 radical (unpaired) electrons. The van der Waals surface area contributed by atoms with Crippen molar-refractivity contribution in [3.05, 3.63) is 89.6 Å². The third-order valence-electron chi connectivity index (χ3n) is 6.51. The summed E-state index contributed by atoms with van der Waals surface area (Å²) in [6.07, 6.45) is 4.67. The quantitative estimate of drug-likeness (QED) is 0.151. The van der Waals surface area contributed by atoms with Gasteiger partial charge in [0, 0.05) is 34.8 Å². The maximum atomic E-state index is 14.0. The maximum Gasteiger partial charge on any atom is 0.224 e. The van der Waals surface area contributed by atoms with E-state index in [1.54, 1.807) is 12.3 Å². The summed E-state index contributed by atoms with van der Waals surface area (Å²) in [6.45, 7) is 9.42. The standard InChI is InChI=1S/C31H29FN6O/c1-5-7-28(39)34-19(3)14-21(17-33-4)25-12-13-26-30(35-25)31(38-37-26)27-16-24-23(11-10-18(2)29(24)36-27)20-8-6-9-22(32)15-20/h6,8-17,36H,4-5,7H2,1-3H3,(H,34,39)(H,37,38)/b19-14+,21-17+. The minimum Gasteiger partial charge on any atom is -0.353 e. The Morgan fingerprint density at radius 1 is 1.18 bits per heavy atom. The van der Waals surface area contributed by atoms with Gasteiger partial charge in [-0.3, -0.25) is 14.9 Å². The van der Waals surface area contributed by atoms with E-state index in [0.717, 1.165) is 45.2 Å². The minimum atomic E-state index is -0.279. The van der Waals surface area contributed by atoms with Crippen LogP contribution in [0.3, 0.4) is 0 Å². The number of halogens is 1. The summed E-state index contributed by atoms with van der Waals surface area (Å²) in [4.78, 5) is 24.4. The Morgan fingerprint density at radius 3 is 2.79 bits per heavy atom. The highest BCUT2D eigenvalue weighted by Gasteiger charge is 2.17. The van der Waals surface area contributed by atoms with E-state index in [0.29, 0.717) is 34.6 Å². The summed E-state index contributed by atoms with van der Waals surface area (Å²) in [5.41, 5.74) is 8.72. The first-order chi connectivity index (χ1) is 18.9. The largest absolute Gasteiger partial charge is 0.353 e. The molecule has 1 amide bonds. The van der Waals surface area contributed by atoms with Crippen LogP contribution in [-0.2, 0) is 4.79 Å². The van der Waals surface area contributed by atoms with Crippen molar-refractivity contribution in [3.8, 4) is 22.5 Å². The van der Waals surface area contributed by atoms with E-state index < -0.39 is 0 Å². The first-order valence-electron chi connectivity index (χ1n) is 12.8. The number of aromatic amines is 2. The van der Waals surface area contributed by atoms with Crippen LogP contribution in [-0.4, -0.2) is 32.8 Å². The fraction of sp³-hybridized carbons (Fsp3) is 0.161. The van der Waals surface area contributed by atoms with Gasteiger partial charge in [0.15, 0.2) is 0 Å². The third kappa shape index (κ3) is 5.27. The molecule has 5 aromatic rings. The smallest absolute Gasteiger partial charge is 0.224 e. The van der Waals surface area contributed by atoms with Gasteiger partial charge in [0.25, 0.3) is 0 Å². The predicted octanol–water partition coefficient (Wildman–Crippen LogP) is 7.08. The maximum absolute atomic E-state index is 14.0. The SMILES string of the molecule is C=N/C=C(\C=C(/C)NC(=O)CCC)c1ccc2[nH]nc(-c3cc4c(-c5cccc(F)c5)ccc(C)c4[nH]3)c2n1. The summed E-state index contributed by atoms with van der Waals surface area (Å²) in [6, 6.07) is 16.4. The normalized spacial score (nSPS) is 12.3. The van der Waals surface area contributed by atoms with Crippen molar-refractivity contribution < 1.29 is 9.18 Å². The van der Waals surface area contributed by atoms with Gasteiger partial charge >= 0.3 is 0 Å². The Hall–Kier alpha value is -4.85. The van der Waals surface area contributed by atoms with Crippen molar-refractivity contribution >= 4 is 40.1 Å². The molecule has 3 heterocycles. The van der Waals surface area contributed by atoms with Gasteiger partial charge in [0.1, 0.15) is 17.0 Å². The van der Waals surface area contributed by atoms with Gasteiger partial charge in [-0.05, 0) is 80.1 Å². The van der Waals surface area contributed by atoms with Crippen molar-refractivity contribution in [2.75, 3.05) is 0 Å². The van der Waals surface area contributed by atoms with Crippen molar-refractivity contribution in [1.29, 1.82) is 0 Å². The van der Waals surface area contributed by atoms with E-state index in [1.807, 2.05) is 63.2 Å². The summed E-state index contributed by atoms with van der Waals surface area (Å²) < 4.78 is 14.0. The summed E-state index contributed by atoms with van der Waals surface area (Å²) in [5.74, 6) is -0.316. The van der Waals surface area contributed by atoms with Crippen molar-refractivity contribution in [3.63, 3.8) is 0 Å². The molecule has 8 heteroatoms. The van der Waals surface area contributed by atoms with Gasteiger partial charge in [-0.15, -0.1) is 0 Å². The van der Waals surface area contributed by atoms with Crippen LogP contribution in [0.5, 0.6) is 0 Å². The summed E-state index contributed by atoms with van der Waals surface area (Å²) >= 11 is 0. The lowest BCUT2D eigenvalue weighted by Crippen LogP contribution is -2.20. The molecule has 0 unspecified atom stereocenters. The van der Waals surface area contributed by atoms with Crippen molar-refractivity contribution in [1.82, 2.24) is 25.5 Å². The summed E-state index contributed by atoms with van der Waals surface area (Å²) in [5, 5.41) is 11.5.